The molecule has 2 aromatic carbocycles. The molecule has 3 aliphatic rings. The second-order valence-electron chi connectivity index (χ2n) is 8.86. The van der Waals surface area contributed by atoms with E-state index in [-0.39, 0.29) is 6.03 Å². The molecule has 5 rings (SSSR count). The van der Waals surface area contributed by atoms with Crippen LogP contribution in [0.4, 0.5) is 21.0 Å². The Morgan fingerprint density at radius 2 is 1.70 bits per heavy atom. The maximum absolute atomic E-state index is 14.0. The average Bonchev–Trinajstić information content (AvgIpc) is 3.23. The third-order valence-corrected chi connectivity index (χ3v) is 6.30. The molecule has 0 aliphatic carbocycles. The van der Waals surface area contributed by atoms with Crippen LogP contribution in [0.25, 0.3) is 0 Å². The van der Waals surface area contributed by atoms with Gasteiger partial charge >= 0.3 is 12.1 Å². The number of urea groups is 1. The highest BCUT2D eigenvalue weighted by molar-refractivity contribution is 6.13. The quantitative estimate of drug-likeness (QED) is 0.819. The number of fused-ring (bicyclic) bond motifs is 2. The standard InChI is InChI=1S/C23H25N3O4/c1-5-29-18-16-13-9-10-14-17(16)26-20(28)25(15-11-7-6-8-12-15)23(21(2,3)4)22(18,26)24-19(27)30-23/h6-14,18H,5H2,1-4H3,(H,24,27). The minimum absolute atomic E-state index is 0.259. The van der Waals surface area contributed by atoms with Gasteiger partial charge in [-0.05, 0) is 25.1 Å². The molecule has 2 aromatic rings. The summed E-state index contributed by atoms with van der Waals surface area (Å²) >= 11 is 0. The molecular weight excluding hydrogens is 382 g/mol. The number of carbonyl (C=O) groups is 2. The molecule has 156 valence electrons. The lowest BCUT2D eigenvalue weighted by molar-refractivity contribution is -0.113. The van der Waals surface area contributed by atoms with Gasteiger partial charge in [-0.2, -0.15) is 0 Å². The molecule has 0 bridgehead atoms. The van der Waals surface area contributed by atoms with E-state index in [2.05, 4.69) is 5.32 Å². The average molecular weight is 407 g/mol. The van der Waals surface area contributed by atoms with Crippen LogP contribution >= 0.6 is 0 Å². The van der Waals surface area contributed by atoms with E-state index in [1.807, 2.05) is 82.3 Å². The highest BCUT2D eigenvalue weighted by Gasteiger charge is 2.84. The van der Waals surface area contributed by atoms with Gasteiger partial charge < -0.3 is 9.47 Å². The largest absolute Gasteiger partial charge is 0.417 e. The number of amides is 3. The molecule has 0 radical (unpaired) electrons. The summed E-state index contributed by atoms with van der Waals surface area (Å²) < 4.78 is 12.4. The Morgan fingerprint density at radius 1 is 1.03 bits per heavy atom. The number of hydrogen-bond acceptors (Lipinski definition) is 4. The molecule has 7 heteroatoms. The van der Waals surface area contributed by atoms with Crippen LogP contribution in [-0.2, 0) is 9.47 Å². The summed E-state index contributed by atoms with van der Waals surface area (Å²) in [5.74, 6) is 0. The summed E-state index contributed by atoms with van der Waals surface area (Å²) in [6.07, 6.45) is -1.15. The van der Waals surface area contributed by atoms with Crippen molar-refractivity contribution in [3.8, 4) is 0 Å². The highest BCUT2D eigenvalue weighted by atomic mass is 16.6. The Labute approximate surface area is 175 Å². The lowest BCUT2D eigenvalue weighted by Crippen LogP contribution is -2.71. The third kappa shape index (κ3) is 1.98. The minimum atomic E-state index is -1.34. The first-order valence-electron chi connectivity index (χ1n) is 10.2. The molecule has 2 saturated heterocycles. The molecular formula is C23H25N3O4. The Hall–Kier alpha value is -3.06. The van der Waals surface area contributed by atoms with Crippen molar-refractivity contribution in [2.45, 2.75) is 45.2 Å². The lowest BCUT2D eigenvalue weighted by Gasteiger charge is -2.49. The van der Waals surface area contributed by atoms with Crippen molar-refractivity contribution in [3.63, 3.8) is 0 Å². The molecule has 7 nitrogen and oxygen atoms in total. The predicted molar refractivity (Wildman–Crippen MR) is 112 cm³/mol. The van der Waals surface area contributed by atoms with Crippen LogP contribution in [0.3, 0.4) is 0 Å². The third-order valence-electron chi connectivity index (χ3n) is 6.30. The van der Waals surface area contributed by atoms with Crippen molar-refractivity contribution in [3.05, 3.63) is 60.2 Å². The Morgan fingerprint density at radius 3 is 2.37 bits per heavy atom. The number of nitrogens with one attached hydrogen (secondary N) is 1. The molecule has 0 aromatic heterocycles. The van der Waals surface area contributed by atoms with E-state index in [1.165, 1.54) is 0 Å². The van der Waals surface area contributed by atoms with Crippen molar-refractivity contribution in [2.75, 3.05) is 16.4 Å². The van der Waals surface area contributed by atoms with Crippen molar-refractivity contribution >= 4 is 23.5 Å². The Balaban J connectivity index is 1.87. The highest BCUT2D eigenvalue weighted by Crippen LogP contribution is 2.65. The van der Waals surface area contributed by atoms with Crippen molar-refractivity contribution in [2.24, 2.45) is 5.41 Å². The van der Waals surface area contributed by atoms with E-state index in [4.69, 9.17) is 9.47 Å². The maximum atomic E-state index is 14.0. The monoisotopic (exact) mass is 407 g/mol. The van der Waals surface area contributed by atoms with Gasteiger partial charge in [0.1, 0.15) is 6.10 Å². The van der Waals surface area contributed by atoms with Crippen molar-refractivity contribution in [1.29, 1.82) is 0 Å². The van der Waals surface area contributed by atoms with E-state index in [0.29, 0.717) is 12.3 Å². The van der Waals surface area contributed by atoms with Gasteiger partial charge in [0.25, 0.3) is 0 Å². The van der Waals surface area contributed by atoms with E-state index >= 15 is 0 Å². The molecule has 3 atom stereocenters. The van der Waals surface area contributed by atoms with Gasteiger partial charge in [-0.15, -0.1) is 0 Å². The number of hydrogen-bond donors (Lipinski definition) is 1. The molecule has 3 aliphatic heterocycles. The fourth-order valence-electron chi connectivity index (χ4n) is 5.38. The van der Waals surface area contributed by atoms with Crippen molar-refractivity contribution in [1.82, 2.24) is 5.32 Å². The topological polar surface area (TPSA) is 71.1 Å². The van der Waals surface area contributed by atoms with E-state index in [1.54, 1.807) is 9.80 Å². The van der Waals surface area contributed by atoms with Crippen molar-refractivity contribution < 1.29 is 19.1 Å². The van der Waals surface area contributed by atoms with Gasteiger partial charge in [-0.25, -0.2) is 14.5 Å². The smallest absolute Gasteiger partial charge is 0.411 e. The molecule has 0 saturated carbocycles. The van der Waals surface area contributed by atoms with Crippen LogP contribution < -0.4 is 15.1 Å². The summed E-state index contributed by atoms with van der Waals surface area (Å²) in [5, 5.41) is 3.03. The number of benzene rings is 2. The second-order valence-corrected chi connectivity index (χ2v) is 8.86. The van der Waals surface area contributed by atoms with Gasteiger partial charge in [0.2, 0.25) is 11.4 Å². The Bertz CT molecular complexity index is 1030. The fourth-order valence-corrected chi connectivity index (χ4v) is 5.38. The van der Waals surface area contributed by atoms with Crippen LogP contribution in [0.1, 0.15) is 39.4 Å². The number of anilines is 2. The first-order valence-corrected chi connectivity index (χ1v) is 10.2. The molecule has 30 heavy (non-hydrogen) atoms. The number of rotatable bonds is 3. The number of para-hydroxylation sites is 2. The molecule has 1 spiro atoms. The second kappa shape index (κ2) is 5.98. The number of ether oxygens (including phenoxy) is 2. The molecule has 2 fully saturated rings. The molecule has 3 heterocycles. The molecule has 3 amide bonds. The van der Waals surface area contributed by atoms with E-state index in [0.717, 1.165) is 11.3 Å². The van der Waals surface area contributed by atoms with Gasteiger partial charge in [0, 0.05) is 23.3 Å². The number of carbonyl (C=O) groups excluding carboxylic acids is 2. The Kier molecular flexibility index (Phi) is 3.78. The zero-order valence-corrected chi connectivity index (χ0v) is 17.5. The SMILES string of the molecule is CCOC1c2ccccc2N2C(=O)N(c3ccccc3)C3(C(C)(C)C)OC(=O)NC123. The first-order chi connectivity index (χ1) is 14.3. The van der Waals surface area contributed by atoms with Gasteiger partial charge in [-0.3, -0.25) is 10.2 Å². The van der Waals surface area contributed by atoms with Crippen LogP contribution in [0.15, 0.2) is 54.6 Å². The van der Waals surface area contributed by atoms with Gasteiger partial charge in [0.05, 0.1) is 5.69 Å². The normalized spacial score (nSPS) is 29.4. The van der Waals surface area contributed by atoms with Gasteiger partial charge in [0.15, 0.2) is 0 Å². The summed E-state index contributed by atoms with van der Waals surface area (Å²) in [6.45, 7) is 8.27. The predicted octanol–water partition coefficient (Wildman–Crippen LogP) is 4.40. The van der Waals surface area contributed by atoms with E-state index < -0.39 is 29.0 Å². The van der Waals surface area contributed by atoms with E-state index in [9.17, 15) is 9.59 Å². The number of nitrogens with zero attached hydrogens (tertiary/aromatic N) is 2. The zero-order valence-electron chi connectivity index (χ0n) is 17.5. The molecule has 3 unspecified atom stereocenters. The number of alkyl carbamates (subject to hydrolysis) is 1. The fraction of sp³-hybridized carbons (Fsp3) is 0.391. The van der Waals surface area contributed by atoms with Gasteiger partial charge in [-0.1, -0.05) is 57.2 Å². The van der Waals surface area contributed by atoms with Crippen LogP contribution in [0, 0.1) is 5.41 Å². The van der Waals surface area contributed by atoms with Crippen LogP contribution in [0.5, 0.6) is 0 Å². The summed E-state index contributed by atoms with van der Waals surface area (Å²) in [5.41, 5.74) is -0.985. The van der Waals surface area contributed by atoms with Crippen LogP contribution in [0.2, 0.25) is 0 Å². The van der Waals surface area contributed by atoms with Crippen LogP contribution in [-0.4, -0.2) is 30.1 Å². The first kappa shape index (κ1) is 18.9. The summed E-state index contributed by atoms with van der Waals surface area (Å²) in [7, 11) is 0. The summed E-state index contributed by atoms with van der Waals surface area (Å²) in [4.78, 5) is 30.2. The maximum Gasteiger partial charge on any atom is 0.411 e. The zero-order chi connectivity index (χ0) is 21.3. The lowest BCUT2D eigenvalue weighted by atomic mass is 9.72. The molecule has 1 N–H and O–H groups in total. The minimum Gasteiger partial charge on any atom is -0.417 e. The summed E-state index contributed by atoms with van der Waals surface area (Å²) in [6, 6.07) is 16.7.